The average molecular weight is 243 g/mol. The van der Waals surface area contributed by atoms with Gasteiger partial charge in [0.1, 0.15) is 0 Å². The van der Waals surface area contributed by atoms with Gasteiger partial charge in [0.15, 0.2) is 11.5 Å². The van der Waals surface area contributed by atoms with Crippen LogP contribution in [0.1, 0.15) is 5.56 Å². The highest BCUT2D eigenvalue weighted by molar-refractivity contribution is 7.88. The maximum absolute atomic E-state index is 11.2. The van der Waals surface area contributed by atoms with Gasteiger partial charge in [-0.05, 0) is 17.7 Å². The number of rotatable bonds is 3. The first-order valence-electron chi connectivity index (χ1n) is 4.76. The summed E-state index contributed by atoms with van der Waals surface area (Å²) < 4.78 is 34.1. The number of ether oxygens (including phenoxy) is 2. The summed E-state index contributed by atoms with van der Waals surface area (Å²) in [6, 6.07) is 5.41. The average Bonchev–Trinajstić information content (AvgIpc) is 2.63. The molecule has 1 heterocycles. The van der Waals surface area contributed by atoms with E-state index in [1.165, 1.54) is 10.6 Å². The Hall–Kier alpha value is -1.27. The third kappa shape index (κ3) is 2.28. The van der Waals surface area contributed by atoms with E-state index in [0.717, 1.165) is 5.56 Å². The molecule has 2 rings (SSSR count). The SMILES string of the molecule is CN(Cc1ccc2c(c1)OCO2)S(C)(=O)=O. The summed E-state index contributed by atoms with van der Waals surface area (Å²) in [7, 11) is -1.61. The van der Waals surface area contributed by atoms with Gasteiger partial charge in [-0.25, -0.2) is 12.7 Å². The van der Waals surface area contributed by atoms with E-state index in [4.69, 9.17) is 9.47 Å². The van der Waals surface area contributed by atoms with Crippen molar-refractivity contribution < 1.29 is 17.9 Å². The zero-order valence-corrected chi connectivity index (χ0v) is 9.95. The van der Waals surface area contributed by atoms with Gasteiger partial charge in [-0.3, -0.25) is 0 Å². The van der Waals surface area contributed by atoms with E-state index in [9.17, 15) is 8.42 Å². The largest absolute Gasteiger partial charge is 0.454 e. The number of benzene rings is 1. The molecular weight excluding hydrogens is 230 g/mol. The third-order valence-corrected chi connectivity index (χ3v) is 3.67. The number of fused-ring (bicyclic) bond motifs is 1. The summed E-state index contributed by atoms with van der Waals surface area (Å²) in [6.07, 6.45) is 1.18. The lowest BCUT2D eigenvalue weighted by atomic mass is 10.2. The first-order chi connectivity index (χ1) is 7.47. The van der Waals surface area contributed by atoms with Gasteiger partial charge >= 0.3 is 0 Å². The fourth-order valence-electron chi connectivity index (χ4n) is 1.41. The van der Waals surface area contributed by atoms with Gasteiger partial charge in [-0.2, -0.15) is 0 Å². The topological polar surface area (TPSA) is 55.8 Å². The molecule has 0 unspecified atom stereocenters. The molecule has 0 radical (unpaired) electrons. The first-order valence-corrected chi connectivity index (χ1v) is 6.61. The molecule has 0 atom stereocenters. The van der Waals surface area contributed by atoms with Crippen molar-refractivity contribution in [1.29, 1.82) is 0 Å². The van der Waals surface area contributed by atoms with Crippen LogP contribution in [-0.2, 0) is 16.6 Å². The highest BCUT2D eigenvalue weighted by Crippen LogP contribution is 2.32. The van der Waals surface area contributed by atoms with Gasteiger partial charge in [-0.15, -0.1) is 0 Å². The van der Waals surface area contributed by atoms with Crippen molar-refractivity contribution in [2.75, 3.05) is 20.1 Å². The fourth-order valence-corrected chi connectivity index (χ4v) is 1.80. The molecule has 16 heavy (non-hydrogen) atoms. The van der Waals surface area contributed by atoms with Crippen LogP contribution in [0.3, 0.4) is 0 Å². The van der Waals surface area contributed by atoms with Crippen LogP contribution in [0.15, 0.2) is 18.2 Å². The first kappa shape index (κ1) is 11.2. The maximum Gasteiger partial charge on any atom is 0.231 e. The summed E-state index contributed by atoms with van der Waals surface area (Å²) in [5.41, 5.74) is 0.872. The smallest absolute Gasteiger partial charge is 0.231 e. The van der Waals surface area contributed by atoms with Crippen LogP contribution >= 0.6 is 0 Å². The van der Waals surface area contributed by atoms with Gasteiger partial charge in [-0.1, -0.05) is 6.07 Å². The molecular formula is C10H13NO4S. The van der Waals surface area contributed by atoms with Crippen molar-refractivity contribution in [2.24, 2.45) is 0 Å². The highest BCUT2D eigenvalue weighted by Gasteiger charge is 2.16. The Labute approximate surface area is 94.6 Å². The van der Waals surface area contributed by atoms with Crippen molar-refractivity contribution in [3.05, 3.63) is 23.8 Å². The van der Waals surface area contributed by atoms with Crippen LogP contribution in [0.5, 0.6) is 11.5 Å². The van der Waals surface area contributed by atoms with Gasteiger partial charge < -0.3 is 9.47 Å². The van der Waals surface area contributed by atoms with E-state index in [0.29, 0.717) is 18.0 Å². The molecule has 1 aliphatic heterocycles. The second-order valence-corrected chi connectivity index (χ2v) is 5.80. The summed E-state index contributed by atoms with van der Waals surface area (Å²) in [5.74, 6) is 1.37. The quantitative estimate of drug-likeness (QED) is 0.788. The Kier molecular flexibility index (Phi) is 2.77. The number of sulfonamides is 1. The lowest BCUT2D eigenvalue weighted by Gasteiger charge is -2.14. The summed E-state index contributed by atoms with van der Waals surface area (Å²) in [5, 5.41) is 0. The van der Waals surface area contributed by atoms with Gasteiger partial charge in [0, 0.05) is 13.6 Å². The molecule has 1 aromatic carbocycles. The van der Waals surface area contributed by atoms with Crippen molar-refractivity contribution >= 4 is 10.0 Å². The van der Waals surface area contributed by atoms with Crippen molar-refractivity contribution in [3.63, 3.8) is 0 Å². The number of hydrogen-bond acceptors (Lipinski definition) is 4. The standard InChI is InChI=1S/C10H13NO4S/c1-11(16(2,12)13)6-8-3-4-9-10(5-8)15-7-14-9/h3-5H,6-7H2,1-2H3. The normalized spacial score (nSPS) is 14.4. The lowest BCUT2D eigenvalue weighted by molar-refractivity contribution is 0.174. The second kappa shape index (κ2) is 3.95. The Bertz CT molecular complexity index is 498. The molecule has 88 valence electrons. The van der Waals surface area contributed by atoms with Crippen molar-refractivity contribution in [3.8, 4) is 11.5 Å². The molecule has 0 saturated carbocycles. The van der Waals surface area contributed by atoms with Crippen LogP contribution in [0, 0.1) is 0 Å². The van der Waals surface area contributed by atoms with Crippen LogP contribution in [0.2, 0.25) is 0 Å². The minimum absolute atomic E-state index is 0.223. The molecule has 1 aromatic rings. The molecule has 0 spiro atoms. The van der Waals surface area contributed by atoms with Crippen LogP contribution in [-0.4, -0.2) is 32.8 Å². The molecule has 0 N–H and O–H groups in total. The van der Waals surface area contributed by atoms with E-state index in [1.54, 1.807) is 19.2 Å². The predicted octanol–water partition coefficient (Wildman–Crippen LogP) is 0.807. The van der Waals surface area contributed by atoms with Crippen molar-refractivity contribution in [1.82, 2.24) is 4.31 Å². The third-order valence-electron chi connectivity index (χ3n) is 2.41. The highest BCUT2D eigenvalue weighted by atomic mass is 32.2. The second-order valence-electron chi connectivity index (χ2n) is 3.71. The van der Waals surface area contributed by atoms with Crippen LogP contribution in [0.4, 0.5) is 0 Å². The summed E-state index contributed by atoms with van der Waals surface area (Å²) in [4.78, 5) is 0. The van der Waals surface area contributed by atoms with Crippen molar-refractivity contribution in [2.45, 2.75) is 6.54 Å². The predicted molar refractivity (Wildman–Crippen MR) is 58.9 cm³/mol. The Morgan fingerprint density at radius 3 is 2.69 bits per heavy atom. The number of hydrogen-bond donors (Lipinski definition) is 0. The lowest BCUT2D eigenvalue weighted by Crippen LogP contribution is -2.24. The molecule has 1 aliphatic rings. The molecule has 0 amide bonds. The van der Waals surface area contributed by atoms with E-state index in [2.05, 4.69) is 0 Å². The van der Waals surface area contributed by atoms with Gasteiger partial charge in [0.05, 0.1) is 6.26 Å². The molecule has 6 heteroatoms. The van der Waals surface area contributed by atoms with E-state index in [1.807, 2.05) is 6.07 Å². The minimum atomic E-state index is -3.15. The summed E-state index contributed by atoms with van der Waals surface area (Å²) in [6.45, 7) is 0.552. The molecule has 0 aromatic heterocycles. The van der Waals surface area contributed by atoms with Crippen LogP contribution in [0.25, 0.3) is 0 Å². The zero-order chi connectivity index (χ0) is 11.8. The molecule has 0 bridgehead atoms. The molecule has 5 nitrogen and oxygen atoms in total. The Morgan fingerprint density at radius 1 is 1.31 bits per heavy atom. The summed E-state index contributed by atoms with van der Waals surface area (Å²) >= 11 is 0. The van der Waals surface area contributed by atoms with E-state index < -0.39 is 10.0 Å². The van der Waals surface area contributed by atoms with Gasteiger partial charge in [0.2, 0.25) is 16.8 Å². The zero-order valence-electron chi connectivity index (χ0n) is 9.13. The van der Waals surface area contributed by atoms with Crippen LogP contribution < -0.4 is 9.47 Å². The monoisotopic (exact) mass is 243 g/mol. The molecule has 0 fully saturated rings. The van der Waals surface area contributed by atoms with E-state index >= 15 is 0 Å². The molecule has 0 aliphatic carbocycles. The Balaban J connectivity index is 2.17. The number of nitrogens with zero attached hydrogens (tertiary/aromatic N) is 1. The Morgan fingerprint density at radius 2 is 2.00 bits per heavy atom. The molecule has 0 saturated heterocycles. The maximum atomic E-state index is 11.2. The minimum Gasteiger partial charge on any atom is -0.454 e. The van der Waals surface area contributed by atoms with E-state index in [-0.39, 0.29) is 6.79 Å². The fraction of sp³-hybridized carbons (Fsp3) is 0.400. The van der Waals surface area contributed by atoms with Gasteiger partial charge in [0.25, 0.3) is 0 Å².